The fraction of sp³-hybridized carbons (Fsp3) is 0.526. The zero-order valence-electron chi connectivity index (χ0n) is 16.4. The van der Waals surface area contributed by atoms with E-state index in [-0.39, 0.29) is 31.3 Å². The van der Waals surface area contributed by atoms with Gasteiger partial charge < -0.3 is 20.3 Å². The van der Waals surface area contributed by atoms with Crippen molar-refractivity contribution < 1.29 is 19.1 Å². The molecule has 3 amide bonds. The summed E-state index contributed by atoms with van der Waals surface area (Å²) >= 11 is 0. The van der Waals surface area contributed by atoms with E-state index in [2.05, 4.69) is 10.6 Å². The molecule has 7 heteroatoms. The number of benzene rings is 1. The minimum atomic E-state index is -0.586. The molecule has 1 aromatic rings. The van der Waals surface area contributed by atoms with Crippen LogP contribution in [0.25, 0.3) is 0 Å². The summed E-state index contributed by atoms with van der Waals surface area (Å²) in [7, 11) is 1.55. The third kappa shape index (κ3) is 7.55. The van der Waals surface area contributed by atoms with Crippen molar-refractivity contribution in [3.05, 3.63) is 29.3 Å². The van der Waals surface area contributed by atoms with Gasteiger partial charge in [0.15, 0.2) is 0 Å². The zero-order chi connectivity index (χ0) is 19.9. The number of carbonyl (C=O) groups excluding carboxylic acids is 3. The molecule has 2 N–H and O–H groups in total. The Balaban J connectivity index is 2.40. The Morgan fingerprint density at radius 1 is 1.15 bits per heavy atom. The molecule has 0 atom stereocenters. The molecule has 0 saturated heterocycles. The molecule has 0 heterocycles. The van der Waals surface area contributed by atoms with Crippen LogP contribution in [-0.4, -0.2) is 48.5 Å². The first-order valence-corrected chi connectivity index (χ1v) is 8.56. The van der Waals surface area contributed by atoms with Gasteiger partial charge in [0.25, 0.3) is 0 Å². The molecule has 1 aromatic carbocycles. The number of hydrogen-bond acceptors (Lipinski definition) is 4. The highest BCUT2D eigenvalue weighted by atomic mass is 16.6. The number of nitrogens with one attached hydrogen (secondary N) is 2. The predicted molar refractivity (Wildman–Crippen MR) is 101 cm³/mol. The molecule has 1 rings (SSSR count). The summed E-state index contributed by atoms with van der Waals surface area (Å²) in [6.07, 6.45) is -0.479. The molecule has 0 aliphatic carbocycles. The lowest BCUT2D eigenvalue weighted by atomic mass is 10.1. The topological polar surface area (TPSA) is 87.7 Å². The summed E-state index contributed by atoms with van der Waals surface area (Å²) in [4.78, 5) is 37.1. The van der Waals surface area contributed by atoms with E-state index < -0.39 is 11.7 Å². The van der Waals surface area contributed by atoms with Gasteiger partial charge >= 0.3 is 6.09 Å². The normalized spacial score (nSPS) is 10.8. The summed E-state index contributed by atoms with van der Waals surface area (Å²) in [6.45, 7) is 9.29. The van der Waals surface area contributed by atoms with Crippen molar-refractivity contribution in [2.75, 3.05) is 25.5 Å². The van der Waals surface area contributed by atoms with Crippen LogP contribution in [-0.2, 0) is 14.3 Å². The molecule has 144 valence electrons. The van der Waals surface area contributed by atoms with E-state index in [0.717, 1.165) is 16.8 Å². The van der Waals surface area contributed by atoms with Gasteiger partial charge in [-0.25, -0.2) is 4.79 Å². The van der Waals surface area contributed by atoms with Crippen molar-refractivity contribution in [2.24, 2.45) is 0 Å². The number of anilines is 1. The van der Waals surface area contributed by atoms with E-state index >= 15 is 0 Å². The molecule has 7 nitrogen and oxygen atoms in total. The SMILES string of the molecule is Cc1cccc(NC(=O)CN(C)C(=O)CCNC(=O)OC(C)(C)C)c1C. The lowest BCUT2D eigenvalue weighted by molar-refractivity contribution is -0.133. The van der Waals surface area contributed by atoms with Crippen molar-refractivity contribution in [1.82, 2.24) is 10.2 Å². The first kappa shape index (κ1) is 21.5. The van der Waals surface area contributed by atoms with Crippen molar-refractivity contribution in [3.8, 4) is 0 Å². The highest BCUT2D eigenvalue weighted by molar-refractivity contribution is 5.95. The fourth-order valence-corrected chi connectivity index (χ4v) is 2.16. The highest BCUT2D eigenvalue weighted by Gasteiger charge is 2.17. The standard InChI is InChI=1S/C19H29N3O4/c1-13-8-7-9-15(14(13)2)21-16(23)12-22(6)17(24)10-11-20-18(25)26-19(3,4)5/h7-9H,10-12H2,1-6H3,(H,20,25)(H,21,23). The summed E-state index contributed by atoms with van der Waals surface area (Å²) in [5, 5.41) is 5.34. The molecule has 0 radical (unpaired) electrons. The highest BCUT2D eigenvalue weighted by Crippen LogP contribution is 2.17. The molecular weight excluding hydrogens is 334 g/mol. The second-order valence-electron chi connectivity index (χ2n) is 7.22. The quantitative estimate of drug-likeness (QED) is 0.813. The Hall–Kier alpha value is -2.57. The van der Waals surface area contributed by atoms with Crippen molar-refractivity contribution >= 4 is 23.6 Å². The summed E-state index contributed by atoms with van der Waals surface area (Å²) in [5.74, 6) is -0.508. The first-order valence-electron chi connectivity index (χ1n) is 8.56. The Kier molecular flexibility index (Phi) is 7.61. The molecule has 0 spiro atoms. The number of ether oxygens (including phenoxy) is 1. The lowest BCUT2D eigenvalue weighted by Gasteiger charge is -2.20. The van der Waals surface area contributed by atoms with E-state index in [0.29, 0.717) is 0 Å². The van der Waals surface area contributed by atoms with Crippen LogP contribution in [0.2, 0.25) is 0 Å². The van der Waals surface area contributed by atoms with Crippen LogP contribution < -0.4 is 10.6 Å². The molecule has 0 fully saturated rings. The van der Waals surface area contributed by atoms with Gasteiger partial charge in [-0.3, -0.25) is 9.59 Å². The van der Waals surface area contributed by atoms with E-state index in [4.69, 9.17) is 4.74 Å². The molecule has 26 heavy (non-hydrogen) atoms. The van der Waals surface area contributed by atoms with Gasteiger partial charge in [0.1, 0.15) is 5.60 Å². The monoisotopic (exact) mass is 363 g/mol. The summed E-state index contributed by atoms with van der Waals surface area (Å²) < 4.78 is 5.09. The van der Waals surface area contributed by atoms with E-state index in [1.165, 1.54) is 4.90 Å². The number of carbonyl (C=O) groups is 3. The molecule has 0 aliphatic rings. The molecule has 0 saturated carbocycles. The molecular formula is C19H29N3O4. The Labute approximate surface area is 155 Å². The van der Waals surface area contributed by atoms with Gasteiger partial charge in [-0.15, -0.1) is 0 Å². The maximum Gasteiger partial charge on any atom is 0.407 e. The maximum atomic E-state index is 12.1. The van der Waals surface area contributed by atoms with Gasteiger partial charge in [-0.1, -0.05) is 12.1 Å². The number of rotatable bonds is 6. The largest absolute Gasteiger partial charge is 0.444 e. The Morgan fingerprint density at radius 2 is 1.81 bits per heavy atom. The van der Waals surface area contributed by atoms with Gasteiger partial charge in [0, 0.05) is 25.7 Å². The second kappa shape index (κ2) is 9.22. The van der Waals surface area contributed by atoms with Gasteiger partial charge in [0.2, 0.25) is 11.8 Å². The van der Waals surface area contributed by atoms with Crippen LogP contribution in [0.4, 0.5) is 10.5 Å². The summed E-state index contributed by atoms with van der Waals surface area (Å²) in [6, 6.07) is 5.67. The lowest BCUT2D eigenvalue weighted by Crippen LogP contribution is -2.38. The van der Waals surface area contributed by atoms with E-state index in [9.17, 15) is 14.4 Å². The fourth-order valence-electron chi connectivity index (χ4n) is 2.16. The number of alkyl carbamates (subject to hydrolysis) is 1. The average Bonchev–Trinajstić information content (AvgIpc) is 2.49. The van der Waals surface area contributed by atoms with Gasteiger partial charge in [-0.2, -0.15) is 0 Å². The maximum absolute atomic E-state index is 12.1. The first-order chi connectivity index (χ1) is 12.0. The van der Waals surface area contributed by atoms with Crippen LogP contribution in [0.15, 0.2) is 18.2 Å². The van der Waals surface area contributed by atoms with E-state index in [1.54, 1.807) is 27.8 Å². The second-order valence-corrected chi connectivity index (χ2v) is 7.22. The van der Waals surface area contributed by atoms with Gasteiger partial charge in [0.05, 0.1) is 6.54 Å². The number of aryl methyl sites for hydroxylation is 1. The predicted octanol–water partition coefficient (Wildman–Crippen LogP) is 2.62. The molecule has 0 aromatic heterocycles. The third-order valence-corrected chi connectivity index (χ3v) is 3.69. The van der Waals surface area contributed by atoms with E-state index in [1.807, 2.05) is 32.0 Å². The molecule has 0 bridgehead atoms. The van der Waals surface area contributed by atoms with Crippen LogP contribution in [0.5, 0.6) is 0 Å². The van der Waals surface area contributed by atoms with Crippen molar-refractivity contribution in [1.29, 1.82) is 0 Å². The minimum absolute atomic E-state index is 0.0569. The van der Waals surface area contributed by atoms with Crippen molar-refractivity contribution in [3.63, 3.8) is 0 Å². The third-order valence-electron chi connectivity index (χ3n) is 3.69. The number of amides is 3. The summed E-state index contributed by atoms with van der Waals surface area (Å²) in [5.41, 5.74) is 2.23. The minimum Gasteiger partial charge on any atom is -0.444 e. The Morgan fingerprint density at radius 3 is 2.42 bits per heavy atom. The smallest absolute Gasteiger partial charge is 0.407 e. The number of likely N-dealkylation sites (N-methyl/N-ethyl adjacent to an activating group) is 1. The van der Waals surface area contributed by atoms with Crippen LogP contribution >= 0.6 is 0 Å². The van der Waals surface area contributed by atoms with Crippen LogP contribution in [0.1, 0.15) is 38.3 Å². The van der Waals surface area contributed by atoms with Crippen molar-refractivity contribution in [2.45, 2.75) is 46.6 Å². The average molecular weight is 363 g/mol. The number of hydrogen-bond donors (Lipinski definition) is 2. The number of nitrogens with zero attached hydrogens (tertiary/aromatic N) is 1. The van der Waals surface area contributed by atoms with Gasteiger partial charge in [-0.05, 0) is 51.8 Å². The van der Waals surface area contributed by atoms with Crippen LogP contribution in [0, 0.1) is 13.8 Å². The Bertz CT molecular complexity index is 665. The van der Waals surface area contributed by atoms with Crippen LogP contribution in [0.3, 0.4) is 0 Å². The molecule has 0 unspecified atom stereocenters. The zero-order valence-corrected chi connectivity index (χ0v) is 16.4. The molecule has 0 aliphatic heterocycles.